The minimum Gasteiger partial charge on any atom is -0.374 e. The molecule has 0 saturated carbocycles. The molecular formula is C12H23F3N4O. The van der Waals surface area contributed by atoms with E-state index in [9.17, 15) is 13.2 Å². The van der Waals surface area contributed by atoms with Crippen LogP contribution in [0.5, 0.6) is 0 Å². The lowest BCUT2D eigenvalue weighted by Crippen LogP contribution is -2.43. The van der Waals surface area contributed by atoms with Crippen LogP contribution in [0.1, 0.15) is 13.3 Å². The van der Waals surface area contributed by atoms with Crippen LogP contribution in [-0.4, -0.2) is 69.5 Å². The van der Waals surface area contributed by atoms with E-state index in [1.54, 1.807) is 0 Å². The van der Waals surface area contributed by atoms with Gasteiger partial charge in [-0.2, -0.15) is 13.2 Å². The maximum atomic E-state index is 12.1. The van der Waals surface area contributed by atoms with E-state index < -0.39 is 12.6 Å². The van der Waals surface area contributed by atoms with E-state index in [-0.39, 0.29) is 12.6 Å². The molecule has 0 aromatic carbocycles. The van der Waals surface area contributed by atoms with Crippen LogP contribution < -0.4 is 10.6 Å². The van der Waals surface area contributed by atoms with Crippen LogP contribution in [0.2, 0.25) is 0 Å². The third-order valence-corrected chi connectivity index (χ3v) is 2.84. The molecule has 0 amide bonds. The molecule has 8 heteroatoms. The van der Waals surface area contributed by atoms with E-state index in [4.69, 9.17) is 4.74 Å². The van der Waals surface area contributed by atoms with E-state index in [1.807, 2.05) is 14.0 Å². The van der Waals surface area contributed by atoms with Gasteiger partial charge in [0.05, 0.1) is 25.7 Å². The van der Waals surface area contributed by atoms with Crippen molar-refractivity contribution < 1.29 is 17.9 Å². The fraction of sp³-hybridized carbons (Fsp3) is 0.917. The van der Waals surface area contributed by atoms with Gasteiger partial charge in [-0.05, 0) is 14.0 Å². The van der Waals surface area contributed by atoms with Crippen molar-refractivity contribution in [3.8, 4) is 0 Å². The molecule has 118 valence electrons. The minimum absolute atomic E-state index is 0.00757. The first-order valence-corrected chi connectivity index (χ1v) is 6.80. The molecule has 5 nitrogen and oxygen atoms in total. The first kappa shape index (κ1) is 17.0. The van der Waals surface area contributed by atoms with Crippen molar-refractivity contribution >= 4 is 5.96 Å². The highest BCUT2D eigenvalue weighted by molar-refractivity contribution is 5.79. The molecule has 0 aromatic rings. The first-order chi connectivity index (χ1) is 9.40. The van der Waals surface area contributed by atoms with Crippen LogP contribution in [0.25, 0.3) is 0 Å². The largest absolute Gasteiger partial charge is 0.390 e. The zero-order valence-electron chi connectivity index (χ0n) is 12.0. The van der Waals surface area contributed by atoms with Crippen molar-refractivity contribution in [3.05, 3.63) is 0 Å². The Bertz CT molecular complexity index is 310. The van der Waals surface area contributed by atoms with Gasteiger partial charge in [0.1, 0.15) is 0 Å². The summed E-state index contributed by atoms with van der Waals surface area (Å²) in [7, 11) is 2.01. The van der Waals surface area contributed by atoms with Gasteiger partial charge in [0, 0.05) is 26.2 Å². The summed E-state index contributed by atoms with van der Waals surface area (Å²) in [6, 6.07) is 0. The Hall–Kier alpha value is -1.02. The topological polar surface area (TPSA) is 48.9 Å². The number of aliphatic imine (C=N–C) groups is 1. The molecule has 1 unspecified atom stereocenters. The quantitative estimate of drug-likeness (QED) is 0.583. The number of hydrogen-bond acceptors (Lipinski definition) is 3. The van der Waals surface area contributed by atoms with Crippen molar-refractivity contribution in [2.24, 2.45) is 4.99 Å². The van der Waals surface area contributed by atoms with Gasteiger partial charge in [-0.15, -0.1) is 0 Å². The molecule has 0 aliphatic carbocycles. The number of alkyl halides is 3. The number of halogens is 3. The van der Waals surface area contributed by atoms with Crippen LogP contribution in [-0.2, 0) is 4.74 Å². The molecule has 1 aliphatic heterocycles. The molecule has 1 saturated heterocycles. The van der Waals surface area contributed by atoms with Gasteiger partial charge in [-0.3, -0.25) is 4.99 Å². The van der Waals surface area contributed by atoms with Crippen molar-refractivity contribution in [2.75, 3.05) is 46.4 Å². The molecular weight excluding hydrogens is 273 g/mol. The lowest BCUT2D eigenvalue weighted by molar-refractivity contribution is -0.132. The molecule has 1 fully saturated rings. The van der Waals surface area contributed by atoms with Crippen molar-refractivity contribution in [1.29, 1.82) is 0 Å². The number of nitrogens with one attached hydrogen (secondary N) is 2. The van der Waals surface area contributed by atoms with Crippen LogP contribution >= 0.6 is 0 Å². The van der Waals surface area contributed by atoms with Gasteiger partial charge in [-0.1, -0.05) is 0 Å². The zero-order chi connectivity index (χ0) is 15.0. The van der Waals surface area contributed by atoms with E-state index in [0.29, 0.717) is 25.7 Å². The molecule has 1 aliphatic rings. The summed E-state index contributed by atoms with van der Waals surface area (Å²) in [5, 5.41) is 5.60. The van der Waals surface area contributed by atoms with Gasteiger partial charge >= 0.3 is 6.18 Å². The highest BCUT2D eigenvalue weighted by atomic mass is 19.4. The average molecular weight is 296 g/mol. The maximum Gasteiger partial charge on any atom is 0.390 e. The van der Waals surface area contributed by atoms with E-state index in [1.165, 1.54) is 0 Å². The van der Waals surface area contributed by atoms with Gasteiger partial charge in [0.2, 0.25) is 0 Å². The first-order valence-electron chi connectivity index (χ1n) is 6.80. The number of ether oxygens (including phenoxy) is 1. The number of hydrogen-bond donors (Lipinski definition) is 2. The second-order valence-electron chi connectivity index (χ2n) is 4.77. The van der Waals surface area contributed by atoms with Crippen LogP contribution in [0.4, 0.5) is 13.2 Å². The summed E-state index contributed by atoms with van der Waals surface area (Å²) in [6.07, 6.45) is -5.04. The summed E-state index contributed by atoms with van der Waals surface area (Å²) in [4.78, 5) is 6.41. The monoisotopic (exact) mass is 296 g/mol. The van der Waals surface area contributed by atoms with Gasteiger partial charge in [0.15, 0.2) is 5.96 Å². The van der Waals surface area contributed by atoms with Crippen molar-refractivity contribution in [1.82, 2.24) is 15.5 Å². The molecule has 1 heterocycles. The Morgan fingerprint density at radius 1 is 1.40 bits per heavy atom. The molecule has 1 atom stereocenters. The molecule has 0 bridgehead atoms. The Kier molecular flexibility index (Phi) is 7.08. The number of likely N-dealkylation sites (N-methyl/N-ethyl adjacent to an activating group) is 1. The summed E-state index contributed by atoms with van der Waals surface area (Å²) >= 11 is 0. The minimum atomic E-state index is -4.15. The number of morpholine rings is 1. The Balaban J connectivity index is 2.37. The van der Waals surface area contributed by atoms with Crippen molar-refractivity contribution in [2.45, 2.75) is 25.6 Å². The Labute approximate surface area is 117 Å². The number of rotatable bonds is 5. The highest BCUT2D eigenvalue weighted by Crippen LogP contribution is 2.18. The second kappa shape index (κ2) is 8.31. The SMILES string of the molecule is CCNC(=NCC1CN(C)CCO1)NCCC(F)(F)F. The summed E-state index contributed by atoms with van der Waals surface area (Å²) < 4.78 is 41.8. The fourth-order valence-electron chi connectivity index (χ4n) is 1.83. The van der Waals surface area contributed by atoms with E-state index in [2.05, 4.69) is 20.5 Å². The van der Waals surface area contributed by atoms with Crippen LogP contribution in [0.15, 0.2) is 4.99 Å². The standard InChI is InChI=1S/C12H23F3N4O/c1-3-16-11(17-5-4-12(13,14)15)18-8-10-9-19(2)6-7-20-10/h10H,3-9H2,1-2H3,(H2,16,17,18). The third kappa shape index (κ3) is 7.54. The normalized spacial score (nSPS) is 21.9. The molecule has 0 radical (unpaired) electrons. The summed E-state index contributed by atoms with van der Waals surface area (Å²) in [5.74, 6) is 0.397. The van der Waals surface area contributed by atoms with Gasteiger partial charge in [-0.25, -0.2) is 0 Å². The van der Waals surface area contributed by atoms with Gasteiger partial charge in [0.25, 0.3) is 0 Å². The number of nitrogens with zero attached hydrogens (tertiary/aromatic N) is 2. The smallest absolute Gasteiger partial charge is 0.374 e. The Morgan fingerprint density at radius 2 is 2.15 bits per heavy atom. The molecule has 2 N–H and O–H groups in total. The fourth-order valence-corrected chi connectivity index (χ4v) is 1.83. The van der Waals surface area contributed by atoms with E-state index in [0.717, 1.165) is 13.1 Å². The Morgan fingerprint density at radius 3 is 2.75 bits per heavy atom. The predicted octanol–water partition coefficient (Wildman–Crippen LogP) is 0.824. The van der Waals surface area contributed by atoms with E-state index >= 15 is 0 Å². The summed E-state index contributed by atoms with van der Waals surface area (Å²) in [5.41, 5.74) is 0. The zero-order valence-corrected chi connectivity index (χ0v) is 12.0. The third-order valence-electron chi connectivity index (χ3n) is 2.84. The van der Waals surface area contributed by atoms with Crippen LogP contribution in [0, 0.1) is 0 Å². The molecule has 0 spiro atoms. The maximum absolute atomic E-state index is 12.1. The van der Waals surface area contributed by atoms with Crippen molar-refractivity contribution in [3.63, 3.8) is 0 Å². The molecule has 0 aromatic heterocycles. The van der Waals surface area contributed by atoms with Crippen LogP contribution in [0.3, 0.4) is 0 Å². The van der Waals surface area contributed by atoms with Gasteiger partial charge < -0.3 is 20.3 Å². The highest BCUT2D eigenvalue weighted by Gasteiger charge is 2.26. The molecule has 1 rings (SSSR count). The average Bonchev–Trinajstić information content (AvgIpc) is 2.34. The molecule has 20 heavy (non-hydrogen) atoms. The lowest BCUT2D eigenvalue weighted by Gasteiger charge is -2.29. The lowest BCUT2D eigenvalue weighted by atomic mass is 10.3. The number of guanidine groups is 1. The summed E-state index contributed by atoms with van der Waals surface area (Å²) in [6.45, 7) is 5.06. The second-order valence-corrected chi connectivity index (χ2v) is 4.77. The predicted molar refractivity (Wildman–Crippen MR) is 71.9 cm³/mol.